The number of carbonyl (C=O) groups excluding carboxylic acids is 1. The highest BCUT2D eigenvalue weighted by atomic mass is 32.2. The maximum absolute atomic E-state index is 10.9. The van der Waals surface area contributed by atoms with Crippen molar-refractivity contribution in [1.82, 2.24) is 10.0 Å². The molecule has 2 N–H and O–H groups in total. The van der Waals surface area contributed by atoms with E-state index in [0.29, 0.717) is 6.42 Å². The van der Waals surface area contributed by atoms with Crippen molar-refractivity contribution in [3.63, 3.8) is 0 Å². The minimum absolute atomic E-state index is 0.0705. The lowest BCUT2D eigenvalue weighted by Crippen LogP contribution is -2.32. The van der Waals surface area contributed by atoms with Crippen LogP contribution in [0.3, 0.4) is 0 Å². The van der Waals surface area contributed by atoms with Gasteiger partial charge in [-0.3, -0.25) is 4.79 Å². The first-order chi connectivity index (χ1) is 6.02. The van der Waals surface area contributed by atoms with E-state index in [1.807, 2.05) is 6.92 Å². The number of rotatable bonds is 6. The fraction of sp³-hybridized carbons (Fsp3) is 0.857. The predicted molar refractivity (Wildman–Crippen MR) is 50.8 cm³/mol. The first-order valence-corrected chi connectivity index (χ1v) is 5.85. The molecule has 0 aliphatic carbocycles. The Morgan fingerprint density at radius 2 is 2.00 bits per heavy atom. The summed E-state index contributed by atoms with van der Waals surface area (Å²) in [6, 6.07) is 0. The molecule has 6 heteroatoms. The highest BCUT2D eigenvalue weighted by Gasteiger charge is 2.06. The van der Waals surface area contributed by atoms with Crippen LogP contribution >= 0.6 is 0 Å². The van der Waals surface area contributed by atoms with E-state index in [2.05, 4.69) is 10.0 Å². The van der Waals surface area contributed by atoms with Gasteiger partial charge >= 0.3 is 0 Å². The lowest BCUT2D eigenvalue weighted by molar-refractivity contribution is -0.120. The molecule has 0 saturated carbocycles. The van der Waals surface area contributed by atoms with Gasteiger partial charge in [-0.15, -0.1) is 0 Å². The molecule has 0 spiro atoms. The van der Waals surface area contributed by atoms with Crippen LogP contribution in [0.2, 0.25) is 0 Å². The summed E-state index contributed by atoms with van der Waals surface area (Å²) in [5.41, 5.74) is 0. The lowest BCUT2D eigenvalue weighted by Gasteiger charge is -2.04. The van der Waals surface area contributed by atoms with Crippen LogP contribution in [0, 0.1) is 0 Å². The largest absolute Gasteiger partial charge is 0.355 e. The minimum atomic E-state index is -3.19. The highest BCUT2D eigenvalue weighted by molar-refractivity contribution is 7.89. The van der Waals surface area contributed by atoms with Gasteiger partial charge in [0.25, 0.3) is 0 Å². The molecule has 5 nitrogen and oxygen atoms in total. The Balaban J connectivity index is 3.62. The van der Waals surface area contributed by atoms with Crippen LogP contribution in [0.4, 0.5) is 0 Å². The summed E-state index contributed by atoms with van der Waals surface area (Å²) in [6.45, 7) is 2.06. The Labute approximate surface area is 79.0 Å². The van der Waals surface area contributed by atoms with Gasteiger partial charge < -0.3 is 5.32 Å². The van der Waals surface area contributed by atoms with Crippen LogP contribution < -0.4 is 10.0 Å². The van der Waals surface area contributed by atoms with E-state index in [1.165, 1.54) is 7.05 Å². The van der Waals surface area contributed by atoms with Crippen molar-refractivity contribution in [3.8, 4) is 0 Å². The summed E-state index contributed by atoms with van der Waals surface area (Å²) in [7, 11) is -1.84. The van der Waals surface area contributed by atoms with Crippen molar-refractivity contribution < 1.29 is 13.2 Å². The fourth-order valence-corrected chi connectivity index (χ4v) is 1.32. The fourth-order valence-electron chi connectivity index (χ4n) is 0.742. The maximum Gasteiger partial charge on any atom is 0.220 e. The molecule has 0 aliphatic rings. The monoisotopic (exact) mass is 208 g/mol. The van der Waals surface area contributed by atoms with Crippen molar-refractivity contribution in [2.24, 2.45) is 0 Å². The molecule has 0 aliphatic heterocycles. The number of sulfonamides is 1. The number of hydrogen-bond donors (Lipinski definition) is 2. The van der Waals surface area contributed by atoms with E-state index in [9.17, 15) is 13.2 Å². The summed E-state index contributed by atoms with van der Waals surface area (Å²) in [5, 5.41) is 2.52. The van der Waals surface area contributed by atoms with Crippen LogP contribution in [0.1, 0.15) is 19.8 Å². The first kappa shape index (κ1) is 12.4. The van der Waals surface area contributed by atoms with E-state index < -0.39 is 10.0 Å². The van der Waals surface area contributed by atoms with Gasteiger partial charge in [0.15, 0.2) is 0 Å². The molecule has 0 aromatic rings. The average molecular weight is 208 g/mol. The number of amides is 1. The molecule has 0 saturated heterocycles. The molecule has 0 unspecified atom stereocenters. The summed E-state index contributed by atoms with van der Waals surface area (Å²) in [6.07, 6.45) is 1.21. The zero-order valence-corrected chi connectivity index (χ0v) is 8.78. The molecule has 0 fully saturated rings. The average Bonchev–Trinajstić information content (AvgIpc) is 2.05. The van der Waals surface area contributed by atoms with E-state index >= 15 is 0 Å². The Kier molecular flexibility index (Phi) is 5.65. The number of nitrogens with one attached hydrogen (secondary N) is 2. The van der Waals surface area contributed by atoms with Gasteiger partial charge in [0.05, 0.1) is 5.75 Å². The Morgan fingerprint density at radius 1 is 1.38 bits per heavy atom. The second-order valence-corrected chi connectivity index (χ2v) is 4.67. The van der Waals surface area contributed by atoms with Gasteiger partial charge in [0, 0.05) is 13.0 Å². The SMILES string of the molecule is CCCC(=O)NCCS(=O)(=O)NC. The minimum Gasteiger partial charge on any atom is -0.355 e. The molecule has 0 bridgehead atoms. The lowest BCUT2D eigenvalue weighted by atomic mass is 10.3. The van der Waals surface area contributed by atoms with E-state index in [4.69, 9.17) is 0 Å². The van der Waals surface area contributed by atoms with Crippen molar-refractivity contribution in [2.75, 3.05) is 19.3 Å². The van der Waals surface area contributed by atoms with Gasteiger partial charge in [-0.2, -0.15) is 0 Å². The van der Waals surface area contributed by atoms with E-state index in [1.54, 1.807) is 0 Å². The molecule has 0 atom stereocenters. The molecule has 0 aromatic carbocycles. The zero-order valence-electron chi connectivity index (χ0n) is 7.96. The summed E-state index contributed by atoms with van der Waals surface area (Å²) >= 11 is 0. The topological polar surface area (TPSA) is 75.3 Å². The van der Waals surface area contributed by atoms with Crippen LogP contribution in [-0.4, -0.2) is 33.7 Å². The normalized spacial score (nSPS) is 11.2. The maximum atomic E-state index is 10.9. The smallest absolute Gasteiger partial charge is 0.220 e. The van der Waals surface area contributed by atoms with E-state index in [-0.39, 0.29) is 18.2 Å². The Morgan fingerprint density at radius 3 is 2.46 bits per heavy atom. The molecule has 78 valence electrons. The summed E-state index contributed by atoms with van der Waals surface area (Å²) in [4.78, 5) is 10.9. The third-order valence-electron chi connectivity index (χ3n) is 1.48. The summed E-state index contributed by atoms with van der Waals surface area (Å²) in [5.74, 6) is -0.173. The predicted octanol–water partition coefficient (Wildman–Crippen LogP) is -0.548. The van der Waals surface area contributed by atoms with E-state index in [0.717, 1.165) is 6.42 Å². The molecule has 13 heavy (non-hydrogen) atoms. The highest BCUT2D eigenvalue weighted by Crippen LogP contribution is 1.86. The van der Waals surface area contributed by atoms with Crippen molar-refractivity contribution in [3.05, 3.63) is 0 Å². The van der Waals surface area contributed by atoms with Crippen molar-refractivity contribution in [1.29, 1.82) is 0 Å². The van der Waals surface area contributed by atoms with Gasteiger partial charge in [0.1, 0.15) is 0 Å². The molecular formula is C7H16N2O3S. The quantitative estimate of drug-likeness (QED) is 0.615. The molecule has 0 rings (SSSR count). The van der Waals surface area contributed by atoms with Crippen LogP contribution in [0.15, 0.2) is 0 Å². The van der Waals surface area contributed by atoms with Gasteiger partial charge in [-0.1, -0.05) is 6.92 Å². The van der Waals surface area contributed by atoms with Gasteiger partial charge in [-0.05, 0) is 13.5 Å². The van der Waals surface area contributed by atoms with Crippen LogP contribution in [0.5, 0.6) is 0 Å². The standard InChI is InChI=1S/C7H16N2O3S/c1-3-4-7(10)9-5-6-13(11,12)8-2/h8H,3-6H2,1-2H3,(H,9,10). The summed E-state index contributed by atoms with van der Waals surface area (Å²) < 4.78 is 23.9. The van der Waals surface area contributed by atoms with Crippen LogP contribution in [0.25, 0.3) is 0 Å². The Bertz CT molecular complexity index is 248. The Hall–Kier alpha value is -0.620. The van der Waals surface area contributed by atoms with Crippen LogP contribution in [-0.2, 0) is 14.8 Å². The van der Waals surface area contributed by atoms with Crippen molar-refractivity contribution >= 4 is 15.9 Å². The first-order valence-electron chi connectivity index (χ1n) is 4.19. The second kappa shape index (κ2) is 5.93. The van der Waals surface area contributed by atoms with Crippen molar-refractivity contribution in [2.45, 2.75) is 19.8 Å². The third-order valence-corrected chi connectivity index (χ3v) is 2.84. The second-order valence-electron chi connectivity index (χ2n) is 2.62. The molecule has 0 aromatic heterocycles. The molecule has 0 radical (unpaired) electrons. The molecule has 0 heterocycles. The van der Waals surface area contributed by atoms with Gasteiger partial charge in [-0.25, -0.2) is 13.1 Å². The number of hydrogen-bond acceptors (Lipinski definition) is 3. The molecular weight excluding hydrogens is 192 g/mol. The third kappa shape index (κ3) is 6.53. The number of carbonyl (C=O) groups is 1. The molecule has 1 amide bonds. The van der Waals surface area contributed by atoms with Gasteiger partial charge in [0.2, 0.25) is 15.9 Å². The zero-order chi connectivity index (χ0) is 10.3.